The molecule has 152 valence electrons. The molecular formula is C25H29NO3. The van der Waals surface area contributed by atoms with Crippen molar-refractivity contribution in [3.63, 3.8) is 0 Å². The van der Waals surface area contributed by atoms with Gasteiger partial charge >= 0.3 is 5.97 Å². The zero-order chi connectivity index (χ0) is 21.3. The van der Waals surface area contributed by atoms with Gasteiger partial charge in [-0.15, -0.1) is 0 Å². The fourth-order valence-electron chi connectivity index (χ4n) is 2.41. The minimum Gasteiger partial charge on any atom is -0.481 e. The highest BCUT2D eigenvalue weighted by Gasteiger charge is 1.95. The summed E-state index contributed by atoms with van der Waals surface area (Å²) in [5, 5.41) is 7.91. The van der Waals surface area contributed by atoms with Crippen LogP contribution >= 0.6 is 0 Å². The van der Waals surface area contributed by atoms with Crippen LogP contribution < -0.4 is 5.73 Å². The summed E-state index contributed by atoms with van der Waals surface area (Å²) in [5.74, 6) is -0.711. The number of hydrogen-bond acceptors (Lipinski definition) is 3. The maximum absolute atomic E-state index is 10.5. The zero-order valence-corrected chi connectivity index (χ0v) is 16.8. The number of aldehydes is 1. The summed E-state index contributed by atoms with van der Waals surface area (Å²) in [6.07, 6.45) is 2.87. The van der Waals surface area contributed by atoms with E-state index in [2.05, 4.69) is 24.3 Å². The lowest BCUT2D eigenvalue weighted by atomic mass is 10.0. The molecule has 0 heterocycles. The molecule has 29 heavy (non-hydrogen) atoms. The van der Waals surface area contributed by atoms with Crippen LogP contribution in [0.1, 0.15) is 35.7 Å². The first kappa shape index (κ1) is 23.8. The standard InChI is InChI=1S/C13H10O.C8H11N.C4H8O2/c14-10-11-6-8-13(9-7-11)12-4-2-1-3-5-12;9-7-6-8-4-2-1-3-5-8;1-2-3-4(5)6/h1-10H;1-5H,6-7,9H2;2-3H2,1H3,(H,5,6). The second kappa shape index (κ2) is 14.8. The van der Waals surface area contributed by atoms with Gasteiger partial charge in [0.1, 0.15) is 6.29 Å². The van der Waals surface area contributed by atoms with Crippen molar-refractivity contribution >= 4 is 12.3 Å². The number of carbonyl (C=O) groups is 2. The molecule has 0 saturated carbocycles. The second-order valence-corrected chi connectivity index (χ2v) is 6.27. The van der Waals surface area contributed by atoms with Gasteiger partial charge in [0.25, 0.3) is 0 Å². The van der Waals surface area contributed by atoms with Crippen LogP contribution in [0.2, 0.25) is 0 Å². The van der Waals surface area contributed by atoms with E-state index >= 15 is 0 Å². The maximum atomic E-state index is 10.5. The number of carboxylic acid groups (broad SMARTS) is 1. The molecule has 0 unspecified atom stereocenters. The van der Waals surface area contributed by atoms with Crippen molar-refractivity contribution in [3.05, 3.63) is 96.1 Å². The average molecular weight is 392 g/mol. The van der Waals surface area contributed by atoms with Gasteiger partial charge in [-0.2, -0.15) is 0 Å². The summed E-state index contributed by atoms with van der Waals surface area (Å²) in [6.45, 7) is 2.58. The first-order valence-electron chi connectivity index (χ1n) is 9.67. The Bertz CT molecular complexity index is 816. The van der Waals surface area contributed by atoms with Crippen LogP contribution in [0, 0.1) is 0 Å². The Morgan fingerprint density at radius 2 is 1.38 bits per heavy atom. The highest BCUT2D eigenvalue weighted by atomic mass is 16.4. The number of hydrogen-bond donors (Lipinski definition) is 2. The fourth-order valence-corrected chi connectivity index (χ4v) is 2.41. The molecular weight excluding hydrogens is 362 g/mol. The molecule has 3 aromatic carbocycles. The highest BCUT2D eigenvalue weighted by molar-refractivity contribution is 5.76. The Morgan fingerprint density at radius 1 is 0.862 bits per heavy atom. The summed E-state index contributed by atoms with van der Waals surface area (Å²) in [4.78, 5) is 20.1. The summed E-state index contributed by atoms with van der Waals surface area (Å²) < 4.78 is 0. The molecule has 3 rings (SSSR count). The first-order chi connectivity index (χ1) is 14.1. The monoisotopic (exact) mass is 391 g/mol. The van der Waals surface area contributed by atoms with Crippen LogP contribution in [-0.2, 0) is 11.2 Å². The largest absolute Gasteiger partial charge is 0.481 e. The lowest BCUT2D eigenvalue weighted by Crippen LogP contribution is -2.01. The van der Waals surface area contributed by atoms with Crippen molar-refractivity contribution in [3.8, 4) is 11.1 Å². The molecule has 0 aromatic heterocycles. The summed E-state index contributed by atoms with van der Waals surface area (Å²) in [7, 11) is 0. The van der Waals surface area contributed by atoms with Crippen LogP contribution in [0.4, 0.5) is 0 Å². The molecule has 0 saturated heterocycles. The quantitative estimate of drug-likeness (QED) is 0.564. The highest BCUT2D eigenvalue weighted by Crippen LogP contribution is 2.18. The van der Waals surface area contributed by atoms with Crippen molar-refractivity contribution in [2.75, 3.05) is 6.54 Å². The van der Waals surface area contributed by atoms with Crippen LogP contribution in [0.15, 0.2) is 84.9 Å². The van der Waals surface area contributed by atoms with E-state index in [-0.39, 0.29) is 0 Å². The van der Waals surface area contributed by atoms with Crippen molar-refractivity contribution in [1.82, 2.24) is 0 Å². The minimum absolute atomic E-state index is 0.292. The second-order valence-electron chi connectivity index (χ2n) is 6.27. The Labute approximate surface area is 173 Å². The Morgan fingerprint density at radius 3 is 1.79 bits per heavy atom. The Kier molecular flexibility index (Phi) is 12.1. The van der Waals surface area contributed by atoms with E-state index < -0.39 is 5.97 Å². The Hall–Kier alpha value is -3.24. The van der Waals surface area contributed by atoms with Gasteiger partial charge < -0.3 is 10.8 Å². The van der Waals surface area contributed by atoms with Crippen LogP contribution in [0.5, 0.6) is 0 Å². The lowest BCUT2D eigenvalue weighted by molar-refractivity contribution is -0.137. The van der Waals surface area contributed by atoms with Gasteiger partial charge in [0.05, 0.1) is 0 Å². The molecule has 3 N–H and O–H groups in total. The SMILES string of the molecule is CCCC(=O)O.NCCc1ccccc1.O=Cc1ccc(-c2ccccc2)cc1. The van der Waals surface area contributed by atoms with Gasteiger partial charge in [0.15, 0.2) is 0 Å². The van der Waals surface area contributed by atoms with Gasteiger partial charge in [-0.1, -0.05) is 91.9 Å². The minimum atomic E-state index is -0.711. The summed E-state index contributed by atoms with van der Waals surface area (Å²) in [6, 6.07) is 27.9. The maximum Gasteiger partial charge on any atom is 0.303 e. The van der Waals surface area contributed by atoms with Gasteiger partial charge in [0.2, 0.25) is 0 Å². The van der Waals surface area contributed by atoms with E-state index in [4.69, 9.17) is 10.8 Å². The summed E-state index contributed by atoms with van der Waals surface area (Å²) >= 11 is 0. The van der Waals surface area contributed by atoms with E-state index in [0.29, 0.717) is 12.0 Å². The zero-order valence-electron chi connectivity index (χ0n) is 16.8. The average Bonchev–Trinajstić information content (AvgIpc) is 2.76. The molecule has 0 amide bonds. The van der Waals surface area contributed by atoms with Crippen molar-refractivity contribution in [2.24, 2.45) is 5.73 Å². The number of aliphatic carboxylic acids is 1. The van der Waals surface area contributed by atoms with E-state index in [1.165, 1.54) is 11.1 Å². The van der Waals surface area contributed by atoms with Gasteiger partial charge in [-0.05, 0) is 36.1 Å². The molecule has 0 aliphatic rings. The summed E-state index contributed by atoms with van der Waals surface area (Å²) in [5.41, 5.74) is 9.70. The molecule has 0 bridgehead atoms. The van der Waals surface area contributed by atoms with Gasteiger partial charge in [-0.3, -0.25) is 9.59 Å². The third kappa shape index (κ3) is 10.6. The fraction of sp³-hybridized carbons (Fsp3) is 0.200. The molecule has 4 heteroatoms. The van der Waals surface area contributed by atoms with Gasteiger partial charge in [-0.25, -0.2) is 0 Å². The normalized spacial score (nSPS) is 9.31. The third-order valence-corrected chi connectivity index (χ3v) is 3.89. The molecule has 0 fully saturated rings. The van der Waals surface area contributed by atoms with Crippen LogP contribution in [-0.4, -0.2) is 23.9 Å². The molecule has 0 spiro atoms. The third-order valence-electron chi connectivity index (χ3n) is 3.89. The molecule has 0 aliphatic carbocycles. The topological polar surface area (TPSA) is 80.4 Å². The number of carboxylic acids is 1. The first-order valence-corrected chi connectivity index (χ1v) is 9.67. The van der Waals surface area contributed by atoms with E-state index in [0.717, 1.165) is 31.2 Å². The van der Waals surface area contributed by atoms with Gasteiger partial charge in [0, 0.05) is 12.0 Å². The predicted molar refractivity (Wildman–Crippen MR) is 119 cm³/mol. The number of benzene rings is 3. The Balaban J connectivity index is 0.000000242. The lowest BCUT2D eigenvalue weighted by Gasteiger charge is -2.00. The molecule has 0 atom stereocenters. The van der Waals surface area contributed by atoms with Crippen molar-refractivity contribution in [1.29, 1.82) is 0 Å². The van der Waals surface area contributed by atoms with E-state index in [9.17, 15) is 9.59 Å². The number of rotatable bonds is 6. The number of nitrogens with two attached hydrogens (primary N) is 1. The van der Waals surface area contributed by atoms with Crippen LogP contribution in [0.3, 0.4) is 0 Å². The van der Waals surface area contributed by atoms with Crippen molar-refractivity contribution < 1.29 is 14.7 Å². The van der Waals surface area contributed by atoms with E-state index in [1.54, 1.807) is 0 Å². The smallest absolute Gasteiger partial charge is 0.303 e. The predicted octanol–water partition coefficient (Wildman–Crippen LogP) is 5.23. The van der Waals surface area contributed by atoms with Crippen molar-refractivity contribution in [2.45, 2.75) is 26.2 Å². The van der Waals surface area contributed by atoms with E-state index in [1.807, 2.05) is 67.6 Å². The van der Waals surface area contributed by atoms with Crippen LogP contribution in [0.25, 0.3) is 11.1 Å². The molecule has 3 aromatic rings. The molecule has 0 radical (unpaired) electrons. The molecule has 4 nitrogen and oxygen atoms in total. The number of carbonyl (C=O) groups excluding carboxylic acids is 1. The molecule has 0 aliphatic heterocycles.